The van der Waals surface area contributed by atoms with Gasteiger partial charge in [0.2, 0.25) is 0 Å². The first-order chi connectivity index (χ1) is 10.8. The van der Waals surface area contributed by atoms with E-state index in [9.17, 15) is 5.26 Å². The van der Waals surface area contributed by atoms with E-state index in [2.05, 4.69) is 12.1 Å². The van der Waals surface area contributed by atoms with E-state index in [0.717, 1.165) is 16.2 Å². The Hall–Kier alpha value is -2.34. The van der Waals surface area contributed by atoms with Crippen LogP contribution in [-0.4, -0.2) is 18.3 Å². The van der Waals surface area contributed by atoms with E-state index in [4.69, 9.17) is 14.6 Å². The van der Waals surface area contributed by atoms with Crippen molar-refractivity contribution in [3.8, 4) is 12.1 Å². The summed E-state index contributed by atoms with van der Waals surface area (Å²) in [7, 11) is -0.439. The fourth-order valence-electron chi connectivity index (χ4n) is 2.63. The van der Waals surface area contributed by atoms with Crippen molar-refractivity contribution < 1.29 is 9.31 Å². The van der Waals surface area contributed by atoms with Gasteiger partial charge in [0, 0.05) is 0 Å². The lowest BCUT2D eigenvalue weighted by atomic mass is 9.78. The number of benzene rings is 2. The summed E-state index contributed by atoms with van der Waals surface area (Å²) in [5, 5.41) is 20.1. The van der Waals surface area contributed by atoms with Crippen LogP contribution < -0.4 is 5.46 Å². The number of nitrogens with zero attached hydrogens (tertiary/aromatic N) is 2. The van der Waals surface area contributed by atoms with E-state index >= 15 is 0 Å². The second-order valence-corrected chi connectivity index (χ2v) is 6.82. The summed E-state index contributed by atoms with van der Waals surface area (Å²) in [4.78, 5) is 0. The molecule has 5 heteroatoms. The molecule has 0 spiro atoms. The van der Waals surface area contributed by atoms with Crippen LogP contribution in [0.15, 0.2) is 30.3 Å². The zero-order chi connectivity index (χ0) is 16.8. The first kappa shape index (κ1) is 15.6. The van der Waals surface area contributed by atoms with Crippen LogP contribution in [0.5, 0.6) is 0 Å². The predicted octanol–water partition coefficient (Wildman–Crippen LogP) is 2.88. The van der Waals surface area contributed by atoms with Gasteiger partial charge in [0.15, 0.2) is 0 Å². The van der Waals surface area contributed by atoms with Crippen LogP contribution in [0.25, 0.3) is 10.8 Å². The highest BCUT2D eigenvalue weighted by atomic mass is 16.7. The minimum absolute atomic E-state index is 0.381. The summed E-state index contributed by atoms with van der Waals surface area (Å²) in [5.41, 5.74) is 0.892. The highest BCUT2D eigenvalue weighted by molar-refractivity contribution is 6.62. The molecule has 0 radical (unpaired) electrons. The Morgan fingerprint density at radius 2 is 1.35 bits per heavy atom. The Balaban J connectivity index is 2.05. The van der Waals surface area contributed by atoms with Crippen molar-refractivity contribution in [1.29, 1.82) is 10.5 Å². The number of hydrogen-bond donors (Lipinski definition) is 0. The van der Waals surface area contributed by atoms with Gasteiger partial charge >= 0.3 is 7.12 Å². The van der Waals surface area contributed by atoms with E-state index in [1.54, 1.807) is 12.1 Å². The third kappa shape index (κ3) is 2.49. The Bertz CT molecular complexity index is 859. The topological polar surface area (TPSA) is 66.0 Å². The monoisotopic (exact) mass is 304 g/mol. The van der Waals surface area contributed by atoms with Crippen LogP contribution in [-0.2, 0) is 9.31 Å². The molecule has 0 unspecified atom stereocenters. The van der Waals surface area contributed by atoms with Crippen LogP contribution in [0.4, 0.5) is 0 Å². The molecule has 0 bridgehead atoms. The van der Waals surface area contributed by atoms with Gasteiger partial charge < -0.3 is 9.31 Å². The van der Waals surface area contributed by atoms with E-state index < -0.39 is 18.3 Å². The molecule has 2 aromatic carbocycles. The van der Waals surface area contributed by atoms with Crippen LogP contribution in [0.3, 0.4) is 0 Å². The molecule has 0 atom stereocenters. The molecule has 1 saturated heterocycles. The second-order valence-electron chi connectivity index (χ2n) is 6.82. The number of fused-ring (bicyclic) bond motifs is 1. The van der Waals surface area contributed by atoms with Gasteiger partial charge in [-0.1, -0.05) is 18.2 Å². The van der Waals surface area contributed by atoms with Crippen molar-refractivity contribution in [3.05, 3.63) is 41.5 Å². The lowest BCUT2D eigenvalue weighted by Crippen LogP contribution is -2.41. The Labute approximate surface area is 136 Å². The zero-order valence-corrected chi connectivity index (χ0v) is 13.7. The number of nitriles is 2. The highest BCUT2D eigenvalue weighted by Gasteiger charge is 2.51. The van der Waals surface area contributed by atoms with Gasteiger partial charge in [0.1, 0.15) is 12.1 Å². The molecule has 0 amide bonds. The third-order valence-corrected chi connectivity index (χ3v) is 4.77. The molecule has 3 rings (SSSR count). The Kier molecular flexibility index (Phi) is 3.45. The van der Waals surface area contributed by atoms with Crippen molar-refractivity contribution >= 4 is 23.4 Å². The van der Waals surface area contributed by atoms with Crippen molar-refractivity contribution in [1.82, 2.24) is 0 Å². The Morgan fingerprint density at radius 3 is 1.87 bits per heavy atom. The third-order valence-electron chi connectivity index (χ3n) is 4.77. The van der Waals surface area contributed by atoms with Crippen LogP contribution in [0, 0.1) is 22.7 Å². The molecule has 1 aliphatic heterocycles. The lowest BCUT2D eigenvalue weighted by molar-refractivity contribution is 0.00578. The fraction of sp³-hybridized carbons (Fsp3) is 0.333. The second kappa shape index (κ2) is 5.10. The van der Waals surface area contributed by atoms with Crippen LogP contribution >= 0.6 is 0 Å². The minimum atomic E-state index is -0.439. The first-order valence-electron chi connectivity index (χ1n) is 7.51. The molecule has 2 aromatic rings. The maximum absolute atomic E-state index is 9.18. The molecule has 1 aliphatic rings. The van der Waals surface area contributed by atoms with Crippen LogP contribution in [0.1, 0.15) is 38.8 Å². The minimum Gasteiger partial charge on any atom is -0.399 e. The smallest absolute Gasteiger partial charge is 0.399 e. The predicted molar refractivity (Wildman–Crippen MR) is 89.1 cm³/mol. The molecule has 4 nitrogen and oxygen atoms in total. The van der Waals surface area contributed by atoms with Crippen molar-refractivity contribution in [2.75, 3.05) is 0 Å². The van der Waals surface area contributed by atoms with Gasteiger partial charge in [0.25, 0.3) is 0 Å². The SMILES string of the molecule is CC1(C)OB(c2ccc3cc(C#N)c(C#N)cc3c2)OC1(C)C. The number of rotatable bonds is 1. The summed E-state index contributed by atoms with van der Waals surface area (Å²) >= 11 is 0. The lowest BCUT2D eigenvalue weighted by Gasteiger charge is -2.32. The van der Waals surface area contributed by atoms with E-state index in [-0.39, 0.29) is 0 Å². The molecule has 1 fully saturated rings. The van der Waals surface area contributed by atoms with Gasteiger partial charge in [-0.15, -0.1) is 0 Å². The molecule has 0 aliphatic carbocycles. The van der Waals surface area contributed by atoms with Gasteiger partial charge in [0.05, 0.1) is 22.3 Å². The Morgan fingerprint density at radius 1 is 0.826 bits per heavy atom. The quantitative estimate of drug-likeness (QED) is 0.760. The molecular weight excluding hydrogens is 287 g/mol. The average molecular weight is 304 g/mol. The van der Waals surface area contributed by atoms with Crippen molar-refractivity contribution in [2.45, 2.75) is 38.9 Å². The molecule has 114 valence electrons. The van der Waals surface area contributed by atoms with Crippen LogP contribution in [0.2, 0.25) is 0 Å². The van der Waals surface area contributed by atoms with E-state index in [0.29, 0.717) is 11.1 Å². The molecule has 0 aromatic heterocycles. The molecular formula is C18H17BN2O2. The summed E-state index contributed by atoms with van der Waals surface area (Å²) in [6.45, 7) is 8.06. The molecule has 0 saturated carbocycles. The van der Waals surface area contributed by atoms with Gasteiger partial charge in [-0.25, -0.2) is 0 Å². The fourth-order valence-corrected chi connectivity index (χ4v) is 2.63. The van der Waals surface area contributed by atoms with Gasteiger partial charge in [-0.2, -0.15) is 10.5 Å². The first-order valence-corrected chi connectivity index (χ1v) is 7.51. The summed E-state index contributed by atoms with van der Waals surface area (Å²) in [6.07, 6.45) is 0. The summed E-state index contributed by atoms with van der Waals surface area (Å²) < 4.78 is 12.1. The van der Waals surface area contributed by atoms with E-state index in [1.807, 2.05) is 45.9 Å². The normalized spacial score (nSPS) is 18.6. The van der Waals surface area contributed by atoms with Gasteiger partial charge in [-0.05, 0) is 56.1 Å². The summed E-state index contributed by atoms with van der Waals surface area (Å²) in [6, 6.07) is 13.4. The number of hydrogen-bond acceptors (Lipinski definition) is 4. The van der Waals surface area contributed by atoms with Crippen molar-refractivity contribution in [3.63, 3.8) is 0 Å². The largest absolute Gasteiger partial charge is 0.494 e. The maximum atomic E-state index is 9.18. The molecule has 1 heterocycles. The standard InChI is InChI=1S/C18H17BN2O2/c1-17(2)18(3,4)23-19(22-17)16-6-5-12-7-14(10-20)15(11-21)8-13(12)9-16/h5-9H,1-4H3. The van der Waals surface area contributed by atoms with Gasteiger partial charge in [-0.3, -0.25) is 0 Å². The zero-order valence-electron chi connectivity index (χ0n) is 13.7. The van der Waals surface area contributed by atoms with Crippen molar-refractivity contribution in [2.24, 2.45) is 0 Å². The highest BCUT2D eigenvalue weighted by Crippen LogP contribution is 2.36. The maximum Gasteiger partial charge on any atom is 0.494 e. The molecule has 23 heavy (non-hydrogen) atoms. The summed E-state index contributed by atoms with van der Waals surface area (Å²) in [5.74, 6) is 0. The molecule has 0 N–H and O–H groups in total. The average Bonchev–Trinajstić information content (AvgIpc) is 2.73. The van der Waals surface area contributed by atoms with E-state index in [1.165, 1.54) is 0 Å².